The minimum absolute atomic E-state index is 0.0636. The number of thioether (sulfide) groups is 1. The van der Waals surface area contributed by atoms with Crippen LogP contribution in [0, 0.1) is 0 Å². The van der Waals surface area contributed by atoms with Gasteiger partial charge in [0.15, 0.2) is 5.16 Å². The third-order valence-electron chi connectivity index (χ3n) is 3.79. The van der Waals surface area contributed by atoms with Crippen LogP contribution in [0.15, 0.2) is 64.4 Å². The third kappa shape index (κ3) is 4.47. The minimum Gasteiger partial charge on any atom is -0.497 e. The molecule has 2 aromatic carbocycles. The second-order valence-corrected chi connectivity index (χ2v) is 7.42. The SMILES string of the molecule is COc1ccc(-c2cnc(SCC(=O)Nc3ccc(Br)cc3)n2C)cc1. The Morgan fingerprint density at radius 1 is 1.19 bits per heavy atom. The zero-order valence-corrected chi connectivity index (χ0v) is 16.8. The minimum atomic E-state index is -0.0636. The standard InChI is InChI=1S/C19H18BrN3O2S/c1-23-17(13-3-9-16(25-2)10-4-13)11-21-19(23)26-12-18(24)22-15-7-5-14(20)6-8-15/h3-11H,12H2,1-2H3,(H,22,24). The van der Waals surface area contributed by atoms with Gasteiger partial charge in [-0.25, -0.2) is 4.98 Å². The van der Waals surface area contributed by atoms with Crippen molar-refractivity contribution in [2.24, 2.45) is 7.05 Å². The predicted molar refractivity (Wildman–Crippen MR) is 109 cm³/mol. The summed E-state index contributed by atoms with van der Waals surface area (Å²) in [6.45, 7) is 0. The predicted octanol–water partition coefficient (Wildman–Crippen LogP) is 4.59. The maximum atomic E-state index is 12.1. The Morgan fingerprint density at radius 3 is 2.54 bits per heavy atom. The summed E-state index contributed by atoms with van der Waals surface area (Å²) in [5, 5.41) is 3.67. The molecule has 1 amide bonds. The smallest absolute Gasteiger partial charge is 0.234 e. The van der Waals surface area contributed by atoms with E-state index in [-0.39, 0.29) is 5.91 Å². The summed E-state index contributed by atoms with van der Waals surface area (Å²) in [4.78, 5) is 16.6. The number of nitrogens with zero attached hydrogens (tertiary/aromatic N) is 2. The largest absolute Gasteiger partial charge is 0.497 e. The summed E-state index contributed by atoms with van der Waals surface area (Å²) in [7, 11) is 3.59. The van der Waals surface area contributed by atoms with E-state index in [0.717, 1.165) is 32.3 Å². The highest BCUT2D eigenvalue weighted by molar-refractivity contribution is 9.10. The van der Waals surface area contributed by atoms with E-state index in [1.54, 1.807) is 7.11 Å². The van der Waals surface area contributed by atoms with E-state index in [1.807, 2.05) is 66.3 Å². The lowest BCUT2D eigenvalue weighted by atomic mass is 10.1. The molecule has 0 aliphatic rings. The fourth-order valence-corrected chi connectivity index (χ4v) is 3.43. The fraction of sp³-hybridized carbons (Fsp3) is 0.158. The number of hydrogen-bond donors (Lipinski definition) is 1. The summed E-state index contributed by atoms with van der Waals surface area (Å²) in [5.74, 6) is 1.05. The Morgan fingerprint density at radius 2 is 1.88 bits per heavy atom. The van der Waals surface area contributed by atoms with E-state index >= 15 is 0 Å². The van der Waals surface area contributed by atoms with Gasteiger partial charge in [0.1, 0.15) is 5.75 Å². The molecule has 0 aliphatic heterocycles. The normalized spacial score (nSPS) is 10.6. The van der Waals surface area contributed by atoms with Crippen LogP contribution in [0.3, 0.4) is 0 Å². The average molecular weight is 432 g/mol. The van der Waals surface area contributed by atoms with Crippen molar-refractivity contribution in [2.45, 2.75) is 5.16 Å². The Kier molecular flexibility index (Phi) is 6.00. The molecular formula is C19H18BrN3O2S. The first kappa shape index (κ1) is 18.5. The molecular weight excluding hydrogens is 414 g/mol. The third-order valence-corrected chi connectivity index (χ3v) is 5.36. The van der Waals surface area contributed by atoms with Gasteiger partial charge in [-0.1, -0.05) is 27.7 Å². The van der Waals surface area contributed by atoms with Gasteiger partial charge in [-0.3, -0.25) is 4.79 Å². The van der Waals surface area contributed by atoms with Gasteiger partial charge < -0.3 is 14.6 Å². The number of methoxy groups -OCH3 is 1. The van der Waals surface area contributed by atoms with Gasteiger partial charge >= 0.3 is 0 Å². The number of nitrogens with one attached hydrogen (secondary N) is 1. The van der Waals surface area contributed by atoms with Crippen LogP contribution in [0.4, 0.5) is 5.69 Å². The average Bonchev–Trinajstić information content (AvgIpc) is 3.02. The Balaban J connectivity index is 1.62. The molecule has 7 heteroatoms. The van der Waals surface area contributed by atoms with Crippen molar-refractivity contribution in [3.05, 3.63) is 59.2 Å². The number of ether oxygens (including phenoxy) is 1. The molecule has 0 atom stereocenters. The molecule has 1 N–H and O–H groups in total. The highest BCUT2D eigenvalue weighted by Crippen LogP contribution is 2.26. The summed E-state index contributed by atoms with van der Waals surface area (Å²) in [6.07, 6.45) is 1.82. The number of aromatic nitrogens is 2. The molecule has 0 saturated heterocycles. The molecule has 0 unspecified atom stereocenters. The van der Waals surface area contributed by atoms with Crippen LogP contribution in [0.2, 0.25) is 0 Å². The summed E-state index contributed by atoms with van der Waals surface area (Å²) in [6, 6.07) is 15.3. The van der Waals surface area contributed by atoms with Crippen molar-refractivity contribution in [3.8, 4) is 17.0 Å². The van der Waals surface area contributed by atoms with E-state index in [1.165, 1.54) is 11.8 Å². The second-order valence-electron chi connectivity index (χ2n) is 5.56. The molecule has 3 aromatic rings. The first-order chi connectivity index (χ1) is 12.6. The number of carbonyl (C=O) groups is 1. The van der Waals surface area contributed by atoms with E-state index in [2.05, 4.69) is 26.2 Å². The number of rotatable bonds is 6. The number of amides is 1. The number of halogens is 1. The van der Waals surface area contributed by atoms with Crippen LogP contribution in [0.5, 0.6) is 5.75 Å². The van der Waals surface area contributed by atoms with Crippen LogP contribution in [0.1, 0.15) is 0 Å². The molecule has 0 radical (unpaired) electrons. The van der Waals surface area contributed by atoms with E-state index in [4.69, 9.17) is 4.74 Å². The molecule has 0 aliphatic carbocycles. The van der Waals surface area contributed by atoms with Crippen LogP contribution < -0.4 is 10.1 Å². The molecule has 1 aromatic heterocycles. The zero-order chi connectivity index (χ0) is 18.5. The van der Waals surface area contributed by atoms with Gasteiger partial charge in [0, 0.05) is 22.8 Å². The number of imidazole rings is 1. The van der Waals surface area contributed by atoms with Gasteiger partial charge in [0.2, 0.25) is 5.91 Å². The molecule has 0 spiro atoms. The fourth-order valence-electron chi connectivity index (χ4n) is 2.42. The molecule has 26 heavy (non-hydrogen) atoms. The van der Waals surface area contributed by atoms with Crippen LogP contribution >= 0.6 is 27.7 Å². The van der Waals surface area contributed by atoms with Gasteiger partial charge in [-0.15, -0.1) is 0 Å². The van der Waals surface area contributed by atoms with Crippen LogP contribution in [0.25, 0.3) is 11.3 Å². The molecule has 1 heterocycles. The first-order valence-electron chi connectivity index (χ1n) is 7.91. The van der Waals surface area contributed by atoms with E-state index in [0.29, 0.717) is 5.75 Å². The monoisotopic (exact) mass is 431 g/mol. The molecule has 134 valence electrons. The maximum Gasteiger partial charge on any atom is 0.234 e. The highest BCUT2D eigenvalue weighted by atomic mass is 79.9. The van der Waals surface area contributed by atoms with E-state index < -0.39 is 0 Å². The van der Waals surface area contributed by atoms with Crippen molar-refractivity contribution in [1.82, 2.24) is 9.55 Å². The van der Waals surface area contributed by atoms with Crippen molar-refractivity contribution in [1.29, 1.82) is 0 Å². The summed E-state index contributed by atoms with van der Waals surface area (Å²) >= 11 is 4.78. The van der Waals surface area contributed by atoms with Gasteiger partial charge in [-0.05, 0) is 48.5 Å². The lowest BCUT2D eigenvalue weighted by Crippen LogP contribution is -2.14. The summed E-state index contributed by atoms with van der Waals surface area (Å²) in [5.41, 5.74) is 2.81. The number of hydrogen-bond acceptors (Lipinski definition) is 4. The van der Waals surface area contributed by atoms with Crippen LogP contribution in [-0.4, -0.2) is 28.3 Å². The number of anilines is 1. The highest BCUT2D eigenvalue weighted by Gasteiger charge is 2.11. The lowest BCUT2D eigenvalue weighted by Gasteiger charge is -2.07. The Hall–Kier alpha value is -2.25. The maximum absolute atomic E-state index is 12.1. The second kappa shape index (κ2) is 8.42. The van der Waals surface area contributed by atoms with Crippen molar-refractivity contribution in [2.75, 3.05) is 18.2 Å². The van der Waals surface area contributed by atoms with E-state index in [9.17, 15) is 4.79 Å². The van der Waals surface area contributed by atoms with Gasteiger partial charge in [0.05, 0.1) is 24.8 Å². The van der Waals surface area contributed by atoms with Crippen molar-refractivity contribution < 1.29 is 9.53 Å². The lowest BCUT2D eigenvalue weighted by molar-refractivity contribution is -0.113. The molecule has 3 rings (SSSR count). The van der Waals surface area contributed by atoms with Gasteiger partial charge in [-0.2, -0.15) is 0 Å². The topological polar surface area (TPSA) is 56.1 Å². The first-order valence-corrected chi connectivity index (χ1v) is 9.69. The van der Waals surface area contributed by atoms with Crippen molar-refractivity contribution in [3.63, 3.8) is 0 Å². The molecule has 0 bridgehead atoms. The van der Waals surface area contributed by atoms with Crippen molar-refractivity contribution >= 4 is 39.3 Å². The molecule has 5 nitrogen and oxygen atoms in total. The molecule has 0 fully saturated rings. The van der Waals surface area contributed by atoms with Gasteiger partial charge in [0.25, 0.3) is 0 Å². The molecule has 0 saturated carbocycles. The summed E-state index contributed by atoms with van der Waals surface area (Å²) < 4.78 is 8.15. The number of carbonyl (C=O) groups excluding carboxylic acids is 1. The quantitative estimate of drug-likeness (QED) is 0.579. The Labute approximate surface area is 164 Å². The Bertz CT molecular complexity index is 892. The van der Waals surface area contributed by atoms with Crippen LogP contribution in [-0.2, 0) is 11.8 Å². The number of benzene rings is 2. The zero-order valence-electron chi connectivity index (χ0n) is 14.4.